The van der Waals surface area contributed by atoms with Crippen LogP contribution < -0.4 is 5.32 Å². The molecule has 0 aromatic carbocycles. The van der Waals surface area contributed by atoms with Gasteiger partial charge in [0.25, 0.3) is 0 Å². The van der Waals surface area contributed by atoms with Crippen LogP contribution >= 0.6 is 0 Å². The molecule has 1 unspecified atom stereocenters. The minimum atomic E-state index is -3.19. The second-order valence-electron chi connectivity index (χ2n) is 6.30. The van der Waals surface area contributed by atoms with Gasteiger partial charge in [0.15, 0.2) is 0 Å². The van der Waals surface area contributed by atoms with Gasteiger partial charge in [-0.3, -0.25) is 0 Å². The zero-order chi connectivity index (χ0) is 16.4. The highest BCUT2D eigenvalue weighted by molar-refractivity contribution is 7.88. The molecule has 2 fully saturated rings. The first-order valence-electron chi connectivity index (χ1n) is 7.84. The van der Waals surface area contributed by atoms with E-state index < -0.39 is 10.0 Å². The lowest BCUT2D eigenvalue weighted by molar-refractivity contribution is -0.0920. The normalized spacial score (nSPS) is 24.2. The smallest absolute Gasteiger partial charge is 0.317 e. The molecule has 1 saturated carbocycles. The summed E-state index contributed by atoms with van der Waals surface area (Å²) >= 11 is 0. The molecule has 1 atom stereocenters. The van der Waals surface area contributed by atoms with E-state index in [1.165, 1.54) is 10.6 Å². The molecule has 0 radical (unpaired) electrons. The maximum Gasteiger partial charge on any atom is 0.317 e. The molecule has 1 saturated heterocycles. The van der Waals surface area contributed by atoms with Gasteiger partial charge in [-0.2, -0.15) is 0 Å². The van der Waals surface area contributed by atoms with Crippen molar-refractivity contribution in [2.75, 3.05) is 39.5 Å². The first kappa shape index (κ1) is 17.5. The predicted octanol–water partition coefficient (Wildman–Crippen LogP) is 0.621. The highest BCUT2D eigenvalue weighted by Gasteiger charge is 2.43. The number of rotatable bonds is 4. The molecule has 0 aromatic heterocycles. The third-order valence-electron chi connectivity index (χ3n) is 4.95. The van der Waals surface area contributed by atoms with Crippen LogP contribution in [0.2, 0.25) is 0 Å². The van der Waals surface area contributed by atoms with Crippen molar-refractivity contribution in [3.8, 4) is 0 Å². The van der Waals surface area contributed by atoms with E-state index in [-0.39, 0.29) is 17.7 Å². The van der Waals surface area contributed by atoms with Crippen molar-refractivity contribution in [2.24, 2.45) is 0 Å². The molecule has 1 aliphatic carbocycles. The SMILES string of the molecule is COC1(C(C)NC(=O)N2CCCN(S(C)(=O)=O)CC2)CCC1. The van der Waals surface area contributed by atoms with Crippen molar-refractivity contribution in [1.82, 2.24) is 14.5 Å². The Balaban J connectivity index is 1.90. The molecule has 2 amide bonds. The standard InChI is InChI=1S/C14H27N3O4S/c1-12(14(21-2)6-4-7-14)15-13(18)16-8-5-9-17(11-10-16)22(3,19)20/h12H,4-11H2,1-3H3,(H,15,18). The molecule has 1 N–H and O–H groups in total. The van der Waals surface area contributed by atoms with Crippen LogP contribution in [0.5, 0.6) is 0 Å². The van der Waals surface area contributed by atoms with Crippen LogP contribution in [0.15, 0.2) is 0 Å². The van der Waals surface area contributed by atoms with E-state index in [0.29, 0.717) is 32.6 Å². The summed E-state index contributed by atoms with van der Waals surface area (Å²) < 4.78 is 30.2. The first-order valence-corrected chi connectivity index (χ1v) is 9.69. The average molecular weight is 333 g/mol. The number of hydrogen-bond acceptors (Lipinski definition) is 4. The van der Waals surface area contributed by atoms with E-state index in [4.69, 9.17) is 4.74 Å². The molecule has 0 aromatic rings. The number of nitrogens with one attached hydrogen (secondary N) is 1. The van der Waals surface area contributed by atoms with E-state index in [0.717, 1.165) is 19.3 Å². The number of amides is 2. The third kappa shape index (κ3) is 3.72. The Labute approximate surface area is 133 Å². The van der Waals surface area contributed by atoms with Crippen molar-refractivity contribution in [2.45, 2.75) is 44.2 Å². The van der Waals surface area contributed by atoms with Crippen molar-refractivity contribution in [3.63, 3.8) is 0 Å². The monoisotopic (exact) mass is 333 g/mol. The van der Waals surface area contributed by atoms with Gasteiger partial charge < -0.3 is 15.0 Å². The summed E-state index contributed by atoms with van der Waals surface area (Å²) in [5.74, 6) is 0. The molecular formula is C14H27N3O4S. The van der Waals surface area contributed by atoms with Crippen LogP contribution in [-0.4, -0.2) is 74.8 Å². The molecule has 0 bridgehead atoms. The lowest BCUT2D eigenvalue weighted by Crippen LogP contribution is -2.58. The van der Waals surface area contributed by atoms with Gasteiger partial charge in [-0.05, 0) is 32.6 Å². The molecule has 128 valence electrons. The maximum atomic E-state index is 12.4. The van der Waals surface area contributed by atoms with Crippen molar-refractivity contribution in [3.05, 3.63) is 0 Å². The Bertz CT molecular complexity index is 499. The Hall–Kier alpha value is -0.860. The van der Waals surface area contributed by atoms with Crippen LogP contribution in [0.4, 0.5) is 4.79 Å². The number of nitrogens with zero attached hydrogens (tertiary/aromatic N) is 2. The Morgan fingerprint density at radius 2 is 1.86 bits per heavy atom. The molecule has 2 aliphatic rings. The van der Waals surface area contributed by atoms with Crippen LogP contribution in [-0.2, 0) is 14.8 Å². The molecule has 22 heavy (non-hydrogen) atoms. The number of hydrogen-bond donors (Lipinski definition) is 1. The number of sulfonamides is 1. The number of urea groups is 1. The number of carbonyl (C=O) groups excluding carboxylic acids is 1. The summed E-state index contributed by atoms with van der Waals surface area (Å²) in [6.45, 7) is 3.80. The van der Waals surface area contributed by atoms with E-state index in [1.807, 2.05) is 6.92 Å². The fraction of sp³-hybridized carbons (Fsp3) is 0.929. The van der Waals surface area contributed by atoms with Crippen LogP contribution in [0.1, 0.15) is 32.6 Å². The Morgan fingerprint density at radius 1 is 1.18 bits per heavy atom. The van der Waals surface area contributed by atoms with Crippen LogP contribution in [0.3, 0.4) is 0 Å². The second kappa shape index (κ2) is 6.72. The maximum absolute atomic E-state index is 12.4. The lowest BCUT2D eigenvalue weighted by atomic mass is 9.75. The van der Waals surface area contributed by atoms with Gasteiger partial charge in [0.2, 0.25) is 10.0 Å². The average Bonchev–Trinajstić information content (AvgIpc) is 2.63. The molecule has 1 aliphatic heterocycles. The first-order chi connectivity index (χ1) is 10.3. The van der Waals surface area contributed by atoms with Gasteiger partial charge in [-0.15, -0.1) is 0 Å². The summed E-state index contributed by atoms with van der Waals surface area (Å²) in [5, 5.41) is 3.02. The minimum absolute atomic E-state index is 0.0481. The molecule has 1 heterocycles. The fourth-order valence-electron chi connectivity index (χ4n) is 3.18. The predicted molar refractivity (Wildman–Crippen MR) is 84.2 cm³/mol. The summed E-state index contributed by atoms with van der Waals surface area (Å²) in [4.78, 5) is 14.1. The fourth-order valence-corrected chi connectivity index (χ4v) is 4.05. The van der Waals surface area contributed by atoms with E-state index in [9.17, 15) is 13.2 Å². The minimum Gasteiger partial charge on any atom is -0.376 e. The molecule has 0 spiro atoms. The lowest BCUT2D eigenvalue weighted by Gasteiger charge is -2.45. The van der Waals surface area contributed by atoms with Gasteiger partial charge in [0.1, 0.15) is 0 Å². The number of methoxy groups -OCH3 is 1. The van der Waals surface area contributed by atoms with E-state index in [2.05, 4.69) is 5.32 Å². The second-order valence-corrected chi connectivity index (χ2v) is 8.28. The molecule has 8 heteroatoms. The summed E-state index contributed by atoms with van der Waals surface area (Å²) in [6, 6.07) is -0.181. The van der Waals surface area contributed by atoms with Gasteiger partial charge in [0.05, 0.1) is 17.9 Å². The van der Waals surface area contributed by atoms with Crippen LogP contribution in [0.25, 0.3) is 0 Å². The topological polar surface area (TPSA) is 79.0 Å². The summed E-state index contributed by atoms with van der Waals surface area (Å²) in [6.07, 6.45) is 4.93. The van der Waals surface area contributed by atoms with Gasteiger partial charge in [0, 0.05) is 33.3 Å². The quantitative estimate of drug-likeness (QED) is 0.818. The van der Waals surface area contributed by atoms with Gasteiger partial charge in [-0.25, -0.2) is 17.5 Å². The van der Waals surface area contributed by atoms with Gasteiger partial charge >= 0.3 is 6.03 Å². The summed E-state index contributed by atoms with van der Waals surface area (Å²) in [7, 11) is -1.50. The van der Waals surface area contributed by atoms with Crippen molar-refractivity contribution >= 4 is 16.1 Å². The number of ether oxygens (including phenoxy) is 1. The molecular weight excluding hydrogens is 306 g/mol. The third-order valence-corrected chi connectivity index (χ3v) is 6.25. The number of carbonyl (C=O) groups is 1. The van der Waals surface area contributed by atoms with E-state index in [1.54, 1.807) is 12.0 Å². The molecule has 2 rings (SSSR count). The van der Waals surface area contributed by atoms with E-state index >= 15 is 0 Å². The zero-order valence-corrected chi connectivity index (χ0v) is 14.5. The highest BCUT2D eigenvalue weighted by Crippen LogP contribution is 2.37. The Kier molecular flexibility index (Phi) is 5.34. The van der Waals surface area contributed by atoms with Gasteiger partial charge in [-0.1, -0.05) is 0 Å². The van der Waals surface area contributed by atoms with Crippen molar-refractivity contribution < 1.29 is 17.9 Å². The van der Waals surface area contributed by atoms with Crippen LogP contribution in [0, 0.1) is 0 Å². The molecule has 7 nitrogen and oxygen atoms in total. The largest absolute Gasteiger partial charge is 0.376 e. The highest BCUT2D eigenvalue weighted by atomic mass is 32.2. The Morgan fingerprint density at radius 3 is 2.36 bits per heavy atom. The summed E-state index contributed by atoms with van der Waals surface area (Å²) in [5.41, 5.74) is -0.236. The van der Waals surface area contributed by atoms with Crippen molar-refractivity contribution in [1.29, 1.82) is 0 Å². The zero-order valence-electron chi connectivity index (χ0n) is 13.7.